The molecule has 0 aromatic heterocycles. The summed E-state index contributed by atoms with van der Waals surface area (Å²) in [7, 11) is 1.64. The molecular weight excluding hydrogens is 408 g/mol. The van der Waals surface area contributed by atoms with Crippen molar-refractivity contribution >= 4 is 18.0 Å². The number of ether oxygens (including phenoxy) is 1. The number of carbonyl (C=O) groups is 3. The number of hydrogen-bond donors (Lipinski definition) is 2. The number of aliphatic carboxylic acids is 1. The molecule has 1 atom stereocenters. The Labute approximate surface area is 187 Å². The van der Waals surface area contributed by atoms with Crippen molar-refractivity contribution in [3.05, 3.63) is 59.7 Å². The highest BCUT2D eigenvalue weighted by Crippen LogP contribution is 2.44. The summed E-state index contributed by atoms with van der Waals surface area (Å²) in [6, 6.07) is 14.8. The van der Waals surface area contributed by atoms with E-state index in [2.05, 4.69) is 5.32 Å². The van der Waals surface area contributed by atoms with Crippen LogP contribution in [-0.4, -0.2) is 54.2 Å². The number of nitrogens with zero attached hydrogens (tertiary/aromatic N) is 1. The van der Waals surface area contributed by atoms with Gasteiger partial charge in [0.1, 0.15) is 12.6 Å². The highest BCUT2D eigenvalue weighted by atomic mass is 16.5. The van der Waals surface area contributed by atoms with Gasteiger partial charge >= 0.3 is 12.1 Å². The maximum absolute atomic E-state index is 12.7. The zero-order valence-corrected chi connectivity index (χ0v) is 18.1. The van der Waals surface area contributed by atoms with Gasteiger partial charge in [0.05, 0.1) is 6.42 Å². The number of nitrogens with one attached hydrogen (secondary N) is 1. The van der Waals surface area contributed by atoms with E-state index in [4.69, 9.17) is 4.74 Å². The summed E-state index contributed by atoms with van der Waals surface area (Å²) in [4.78, 5) is 38.0. The monoisotopic (exact) mass is 436 g/mol. The van der Waals surface area contributed by atoms with Crippen LogP contribution in [0.3, 0.4) is 0 Å². The van der Waals surface area contributed by atoms with Gasteiger partial charge in [0.25, 0.3) is 0 Å². The molecule has 2 amide bonds. The molecule has 2 aliphatic carbocycles. The summed E-state index contributed by atoms with van der Waals surface area (Å²) in [5.74, 6) is -1.03. The van der Waals surface area contributed by atoms with Crippen molar-refractivity contribution in [3.63, 3.8) is 0 Å². The molecule has 0 aliphatic heterocycles. The number of likely N-dealkylation sites (N-methyl/N-ethyl adjacent to an activating group) is 1. The zero-order valence-electron chi connectivity index (χ0n) is 18.1. The Morgan fingerprint density at radius 2 is 1.66 bits per heavy atom. The quantitative estimate of drug-likeness (QED) is 0.626. The molecule has 7 nitrogen and oxygen atoms in total. The van der Waals surface area contributed by atoms with E-state index in [-0.39, 0.29) is 12.5 Å². The molecule has 0 saturated heterocycles. The van der Waals surface area contributed by atoms with E-state index >= 15 is 0 Å². The van der Waals surface area contributed by atoms with Crippen LogP contribution in [0.2, 0.25) is 0 Å². The molecule has 2 aromatic rings. The Morgan fingerprint density at radius 3 is 2.22 bits per heavy atom. The van der Waals surface area contributed by atoms with E-state index in [1.807, 2.05) is 48.5 Å². The van der Waals surface area contributed by atoms with Gasteiger partial charge in [-0.1, -0.05) is 61.4 Å². The minimum absolute atomic E-state index is 0.103. The molecule has 0 bridgehead atoms. The Balaban J connectivity index is 1.39. The van der Waals surface area contributed by atoms with Gasteiger partial charge in [-0.2, -0.15) is 0 Å². The van der Waals surface area contributed by atoms with Crippen molar-refractivity contribution in [2.75, 3.05) is 20.2 Å². The van der Waals surface area contributed by atoms with Crippen LogP contribution in [0.5, 0.6) is 0 Å². The van der Waals surface area contributed by atoms with Crippen molar-refractivity contribution in [1.29, 1.82) is 0 Å². The molecule has 32 heavy (non-hydrogen) atoms. The molecule has 1 fully saturated rings. The molecule has 7 heteroatoms. The van der Waals surface area contributed by atoms with Crippen molar-refractivity contribution in [2.45, 2.75) is 37.6 Å². The van der Waals surface area contributed by atoms with Crippen LogP contribution in [-0.2, 0) is 14.3 Å². The van der Waals surface area contributed by atoms with Gasteiger partial charge in [0.15, 0.2) is 0 Å². The second kappa shape index (κ2) is 9.42. The molecule has 1 saturated carbocycles. The minimum atomic E-state index is -1.16. The van der Waals surface area contributed by atoms with Crippen LogP contribution >= 0.6 is 0 Å². The van der Waals surface area contributed by atoms with E-state index in [1.165, 1.54) is 17.7 Å². The largest absolute Gasteiger partial charge is 0.481 e. The van der Waals surface area contributed by atoms with E-state index in [9.17, 15) is 19.5 Å². The first-order chi connectivity index (χ1) is 15.4. The van der Waals surface area contributed by atoms with Crippen molar-refractivity contribution < 1.29 is 24.2 Å². The van der Waals surface area contributed by atoms with Gasteiger partial charge in [0.2, 0.25) is 5.91 Å². The summed E-state index contributed by atoms with van der Waals surface area (Å²) in [6.45, 7) is 0.650. The maximum Gasteiger partial charge on any atom is 0.407 e. The van der Waals surface area contributed by atoms with Crippen LogP contribution in [0.15, 0.2) is 48.5 Å². The second-order valence-corrected chi connectivity index (χ2v) is 8.61. The number of benzene rings is 2. The third-order valence-corrected chi connectivity index (χ3v) is 6.26. The number of rotatable bonds is 9. The standard InChI is InChI=1S/C25H28N2O5/c1-27(13-12-16-10-11-16)24(30)22(14-23(28)29)26-25(31)32-15-21-19-8-4-2-6-17(19)18-7-3-5-9-20(18)21/h2-9,16,21-22H,10-15H2,1H3,(H,26,31)(H,28,29). The van der Waals surface area contributed by atoms with Crippen LogP contribution < -0.4 is 5.32 Å². The highest BCUT2D eigenvalue weighted by Gasteiger charge is 2.31. The third-order valence-electron chi connectivity index (χ3n) is 6.26. The molecule has 0 heterocycles. The smallest absolute Gasteiger partial charge is 0.407 e. The Hall–Kier alpha value is -3.35. The lowest BCUT2D eigenvalue weighted by Crippen LogP contribution is -2.49. The van der Waals surface area contributed by atoms with Gasteiger partial charge in [-0.25, -0.2) is 4.79 Å². The van der Waals surface area contributed by atoms with E-state index in [0.717, 1.165) is 28.7 Å². The summed E-state index contributed by atoms with van der Waals surface area (Å²) in [5, 5.41) is 11.7. The van der Waals surface area contributed by atoms with Gasteiger partial charge in [0, 0.05) is 19.5 Å². The van der Waals surface area contributed by atoms with E-state index < -0.39 is 30.4 Å². The number of fused-ring (bicyclic) bond motifs is 3. The average molecular weight is 437 g/mol. The van der Waals surface area contributed by atoms with Crippen LogP contribution in [0.25, 0.3) is 11.1 Å². The number of carboxylic acids is 1. The molecule has 2 N–H and O–H groups in total. The van der Waals surface area contributed by atoms with Gasteiger partial charge < -0.3 is 20.1 Å². The number of amides is 2. The first-order valence-electron chi connectivity index (χ1n) is 11.0. The molecule has 2 aromatic carbocycles. The molecule has 1 unspecified atom stereocenters. The van der Waals surface area contributed by atoms with Crippen LogP contribution in [0, 0.1) is 5.92 Å². The number of hydrogen-bond acceptors (Lipinski definition) is 4. The van der Waals surface area contributed by atoms with Crippen LogP contribution in [0.1, 0.15) is 42.7 Å². The lowest BCUT2D eigenvalue weighted by Gasteiger charge is -2.24. The second-order valence-electron chi connectivity index (χ2n) is 8.61. The fourth-order valence-electron chi connectivity index (χ4n) is 4.32. The van der Waals surface area contributed by atoms with Crippen LogP contribution in [0.4, 0.5) is 4.79 Å². The molecule has 0 spiro atoms. The molecular formula is C25H28N2O5. The number of carboxylic acid groups (broad SMARTS) is 1. The first-order valence-corrected chi connectivity index (χ1v) is 11.0. The Kier molecular flexibility index (Phi) is 6.44. The topological polar surface area (TPSA) is 95.9 Å². The average Bonchev–Trinajstić information content (AvgIpc) is 3.56. The summed E-state index contributed by atoms with van der Waals surface area (Å²) >= 11 is 0. The lowest BCUT2D eigenvalue weighted by atomic mass is 9.98. The zero-order chi connectivity index (χ0) is 22.7. The van der Waals surface area contributed by atoms with Crippen molar-refractivity contribution in [2.24, 2.45) is 5.92 Å². The van der Waals surface area contributed by atoms with Gasteiger partial charge in [-0.3, -0.25) is 9.59 Å². The van der Waals surface area contributed by atoms with Crippen molar-refractivity contribution in [3.8, 4) is 11.1 Å². The van der Waals surface area contributed by atoms with E-state index in [1.54, 1.807) is 7.05 Å². The Morgan fingerprint density at radius 1 is 1.06 bits per heavy atom. The third kappa shape index (κ3) is 4.93. The van der Waals surface area contributed by atoms with E-state index in [0.29, 0.717) is 12.5 Å². The lowest BCUT2D eigenvalue weighted by molar-refractivity contribution is -0.142. The predicted molar refractivity (Wildman–Crippen MR) is 119 cm³/mol. The minimum Gasteiger partial charge on any atom is -0.481 e. The maximum atomic E-state index is 12.7. The summed E-state index contributed by atoms with van der Waals surface area (Å²) < 4.78 is 5.48. The summed E-state index contributed by atoms with van der Waals surface area (Å²) in [6.07, 6.45) is 1.98. The number of alkyl carbamates (subject to hydrolysis) is 1. The fourth-order valence-corrected chi connectivity index (χ4v) is 4.32. The SMILES string of the molecule is CN(CCC1CC1)C(=O)C(CC(=O)O)NC(=O)OCC1c2ccccc2-c2ccccc21. The Bertz CT molecular complexity index is 971. The molecule has 0 radical (unpaired) electrons. The normalized spacial score (nSPS) is 15.4. The molecule has 2 aliphatic rings. The molecule has 4 rings (SSSR count). The first kappa shape index (κ1) is 21.9. The van der Waals surface area contributed by atoms with Gasteiger partial charge in [-0.05, 0) is 34.6 Å². The predicted octanol–water partition coefficient (Wildman–Crippen LogP) is 3.63. The van der Waals surface area contributed by atoms with Gasteiger partial charge in [-0.15, -0.1) is 0 Å². The van der Waals surface area contributed by atoms with Crippen molar-refractivity contribution in [1.82, 2.24) is 10.2 Å². The number of carbonyl (C=O) groups excluding carboxylic acids is 2. The molecule has 168 valence electrons. The highest BCUT2D eigenvalue weighted by molar-refractivity contribution is 5.89. The summed E-state index contributed by atoms with van der Waals surface area (Å²) in [5.41, 5.74) is 4.40. The fraction of sp³-hybridized carbons (Fsp3) is 0.400.